The molecule has 2 saturated carbocycles. The molecule has 2 atom stereocenters. The molecule has 0 aromatic rings. The number of hydrogen-bond donors (Lipinski definition) is 1. The lowest BCUT2D eigenvalue weighted by molar-refractivity contribution is 0.168. The minimum absolute atomic E-state index is 0.760. The van der Waals surface area contributed by atoms with E-state index < -0.39 is 0 Å². The van der Waals surface area contributed by atoms with Crippen LogP contribution in [0.15, 0.2) is 0 Å². The van der Waals surface area contributed by atoms with Crippen molar-refractivity contribution in [2.24, 2.45) is 5.92 Å². The monoisotopic (exact) mass is 210 g/mol. The highest BCUT2D eigenvalue weighted by Gasteiger charge is 2.33. The molecule has 0 aromatic carbocycles. The van der Waals surface area contributed by atoms with Gasteiger partial charge in [-0.3, -0.25) is 4.90 Å². The Morgan fingerprint density at radius 1 is 1.20 bits per heavy atom. The molecular formula is C13H26N2. The second kappa shape index (κ2) is 5.31. The summed E-state index contributed by atoms with van der Waals surface area (Å²) in [7, 11) is 2.13. The first-order valence-corrected chi connectivity index (χ1v) is 6.76. The van der Waals surface area contributed by atoms with E-state index in [1.54, 1.807) is 0 Å². The average Bonchev–Trinajstić information content (AvgIpc) is 2.93. The van der Waals surface area contributed by atoms with E-state index in [0.717, 1.165) is 18.0 Å². The highest BCUT2D eigenvalue weighted by Crippen LogP contribution is 2.33. The third-order valence-corrected chi connectivity index (χ3v) is 4.02. The summed E-state index contributed by atoms with van der Waals surface area (Å²) < 4.78 is 0. The highest BCUT2D eigenvalue weighted by molar-refractivity contribution is 4.91. The van der Waals surface area contributed by atoms with Crippen molar-refractivity contribution in [3.63, 3.8) is 0 Å². The van der Waals surface area contributed by atoms with Gasteiger partial charge in [-0.1, -0.05) is 13.3 Å². The van der Waals surface area contributed by atoms with Crippen LogP contribution in [0, 0.1) is 5.92 Å². The quantitative estimate of drug-likeness (QED) is 0.723. The van der Waals surface area contributed by atoms with Crippen molar-refractivity contribution in [1.82, 2.24) is 10.2 Å². The zero-order valence-corrected chi connectivity index (χ0v) is 10.3. The van der Waals surface area contributed by atoms with Crippen molar-refractivity contribution in [1.29, 1.82) is 0 Å². The molecule has 0 saturated heterocycles. The molecule has 15 heavy (non-hydrogen) atoms. The number of rotatable bonds is 6. The fourth-order valence-electron chi connectivity index (χ4n) is 3.03. The van der Waals surface area contributed by atoms with Crippen LogP contribution in [0.2, 0.25) is 0 Å². The standard InChI is InChI=1S/C13H26N2/c1-3-9-15(10-11-7-8-11)13-6-4-5-12(13)14-2/h11-14H,3-10H2,1-2H3. The Balaban J connectivity index is 1.88. The molecule has 1 N–H and O–H groups in total. The van der Waals surface area contributed by atoms with Crippen LogP contribution >= 0.6 is 0 Å². The van der Waals surface area contributed by atoms with Crippen LogP contribution in [0.1, 0.15) is 45.4 Å². The number of nitrogens with one attached hydrogen (secondary N) is 1. The third-order valence-electron chi connectivity index (χ3n) is 4.02. The molecule has 2 unspecified atom stereocenters. The average molecular weight is 210 g/mol. The van der Waals surface area contributed by atoms with Gasteiger partial charge in [0.15, 0.2) is 0 Å². The minimum Gasteiger partial charge on any atom is -0.315 e. The van der Waals surface area contributed by atoms with Crippen LogP contribution in [0.25, 0.3) is 0 Å². The van der Waals surface area contributed by atoms with Gasteiger partial charge in [-0.2, -0.15) is 0 Å². The summed E-state index contributed by atoms with van der Waals surface area (Å²) in [5.74, 6) is 1.04. The van der Waals surface area contributed by atoms with Gasteiger partial charge in [-0.25, -0.2) is 0 Å². The third kappa shape index (κ3) is 2.94. The van der Waals surface area contributed by atoms with Gasteiger partial charge in [-0.05, 0) is 51.6 Å². The van der Waals surface area contributed by atoms with Crippen molar-refractivity contribution < 1.29 is 0 Å². The maximum atomic E-state index is 3.50. The summed E-state index contributed by atoms with van der Waals surface area (Å²) >= 11 is 0. The van der Waals surface area contributed by atoms with E-state index >= 15 is 0 Å². The Labute approximate surface area is 94.4 Å². The Bertz CT molecular complexity index is 189. The maximum absolute atomic E-state index is 3.50. The predicted molar refractivity (Wildman–Crippen MR) is 65.1 cm³/mol. The molecule has 2 fully saturated rings. The fraction of sp³-hybridized carbons (Fsp3) is 1.00. The van der Waals surface area contributed by atoms with Crippen molar-refractivity contribution in [3.8, 4) is 0 Å². The van der Waals surface area contributed by atoms with Crippen molar-refractivity contribution in [2.75, 3.05) is 20.1 Å². The largest absolute Gasteiger partial charge is 0.315 e. The molecule has 2 rings (SSSR count). The number of nitrogens with zero attached hydrogens (tertiary/aromatic N) is 1. The molecule has 88 valence electrons. The van der Waals surface area contributed by atoms with E-state index in [9.17, 15) is 0 Å². The molecule has 2 nitrogen and oxygen atoms in total. The van der Waals surface area contributed by atoms with Gasteiger partial charge >= 0.3 is 0 Å². The molecule has 0 amide bonds. The van der Waals surface area contributed by atoms with E-state index in [1.165, 1.54) is 51.6 Å². The van der Waals surface area contributed by atoms with Gasteiger partial charge in [0.25, 0.3) is 0 Å². The molecule has 2 aliphatic carbocycles. The smallest absolute Gasteiger partial charge is 0.0249 e. The van der Waals surface area contributed by atoms with Gasteiger partial charge in [0, 0.05) is 18.6 Å². The zero-order chi connectivity index (χ0) is 10.7. The van der Waals surface area contributed by atoms with Crippen molar-refractivity contribution in [2.45, 2.75) is 57.5 Å². The lowest BCUT2D eigenvalue weighted by atomic mass is 10.1. The second-order valence-electron chi connectivity index (χ2n) is 5.33. The molecule has 2 heteroatoms. The summed E-state index contributed by atoms with van der Waals surface area (Å²) in [5, 5.41) is 3.50. The fourth-order valence-corrected chi connectivity index (χ4v) is 3.03. The minimum atomic E-state index is 0.760. The first-order valence-electron chi connectivity index (χ1n) is 6.76. The van der Waals surface area contributed by atoms with Crippen LogP contribution < -0.4 is 5.32 Å². The van der Waals surface area contributed by atoms with Crippen LogP contribution in [0.5, 0.6) is 0 Å². The van der Waals surface area contributed by atoms with E-state index in [1.807, 2.05) is 0 Å². The van der Waals surface area contributed by atoms with Gasteiger partial charge in [-0.15, -0.1) is 0 Å². The van der Waals surface area contributed by atoms with Crippen LogP contribution in [0.3, 0.4) is 0 Å². The van der Waals surface area contributed by atoms with Gasteiger partial charge in [0.1, 0.15) is 0 Å². The Hall–Kier alpha value is -0.0800. The molecular weight excluding hydrogens is 184 g/mol. The normalized spacial score (nSPS) is 31.4. The van der Waals surface area contributed by atoms with Gasteiger partial charge < -0.3 is 5.32 Å². The Morgan fingerprint density at radius 3 is 2.60 bits per heavy atom. The van der Waals surface area contributed by atoms with Crippen LogP contribution in [-0.2, 0) is 0 Å². The SMILES string of the molecule is CCCN(CC1CC1)C1CCCC1NC. The Kier molecular flexibility index (Phi) is 4.04. The summed E-state index contributed by atoms with van der Waals surface area (Å²) in [6, 6.07) is 1.59. The van der Waals surface area contributed by atoms with E-state index in [2.05, 4.69) is 24.2 Å². The number of hydrogen-bond acceptors (Lipinski definition) is 2. The zero-order valence-electron chi connectivity index (χ0n) is 10.3. The van der Waals surface area contributed by atoms with E-state index in [0.29, 0.717) is 0 Å². The van der Waals surface area contributed by atoms with E-state index in [-0.39, 0.29) is 0 Å². The van der Waals surface area contributed by atoms with Crippen molar-refractivity contribution >= 4 is 0 Å². The second-order valence-corrected chi connectivity index (χ2v) is 5.33. The van der Waals surface area contributed by atoms with Gasteiger partial charge in [0.05, 0.1) is 0 Å². The highest BCUT2D eigenvalue weighted by atomic mass is 15.2. The molecule has 0 radical (unpaired) electrons. The summed E-state index contributed by atoms with van der Waals surface area (Å²) in [6.45, 7) is 4.99. The molecule has 0 heterocycles. The first-order chi connectivity index (χ1) is 7.35. The molecule has 0 spiro atoms. The number of likely N-dealkylation sites (N-methyl/N-ethyl adjacent to an activating group) is 1. The Morgan fingerprint density at radius 2 is 2.00 bits per heavy atom. The molecule has 0 aromatic heterocycles. The van der Waals surface area contributed by atoms with Crippen molar-refractivity contribution in [3.05, 3.63) is 0 Å². The lowest BCUT2D eigenvalue weighted by Gasteiger charge is -2.32. The summed E-state index contributed by atoms with van der Waals surface area (Å²) in [5.41, 5.74) is 0. The van der Waals surface area contributed by atoms with Crippen LogP contribution in [-0.4, -0.2) is 37.1 Å². The predicted octanol–water partition coefficient (Wildman–Crippen LogP) is 2.25. The molecule has 2 aliphatic rings. The summed E-state index contributed by atoms with van der Waals surface area (Å²) in [4.78, 5) is 2.77. The van der Waals surface area contributed by atoms with Crippen LogP contribution in [0.4, 0.5) is 0 Å². The first kappa shape index (κ1) is 11.4. The molecule has 0 aliphatic heterocycles. The topological polar surface area (TPSA) is 15.3 Å². The van der Waals surface area contributed by atoms with E-state index in [4.69, 9.17) is 0 Å². The van der Waals surface area contributed by atoms with Gasteiger partial charge in [0.2, 0.25) is 0 Å². The lowest BCUT2D eigenvalue weighted by Crippen LogP contribution is -2.46. The summed E-state index contributed by atoms with van der Waals surface area (Å²) in [6.07, 6.45) is 8.49. The maximum Gasteiger partial charge on any atom is 0.0249 e. The molecule has 0 bridgehead atoms.